The van der Waals surface area contributed by atoms with Gasteiger partial charge < -0.3 is 9.84 Å². The number of rotatable bonds is 4. The van der Waals surface area contributed by atoms with Gasteiger partial charge in [0.15, 0.2) is 0 Å². The summed E-state index contributed by atoms with van der Waals surface area (Å²) < 4.78 is 19.4. The van der Waals surface area contributed by atoms with Crippen LogP contribution in [0.5, 0.6) is 5.75 Å². The highest BCUT2D eigenvalue weighted by molar-refractivity contribution is 7.24. The van der Waals surface area contributed by atoms with Gasteiger partial charge in [0.2, 0.25) is 5.91 Å². The Labute approximate surface area is 163 Å². The van der Waals surface area contributed by atoms with Gasteiger partial charge in [-0.05, 0) is 18.2 Å². The number of aromatic hydroxyl groups is 1. The molecule has 27 heavy (non-hydrogen) atoms. The smallest absolute Gasteiger partial charge is 0.341 e. The number of hydrogen-bond acceptors (Lipinski definition) is 5. The summed E-state index contributed by atoms with van der Waals surface area (Å²) in [6.07, 6.45) is 0. The SMILES string of the molecule is COC(=O)c1c(N(Cc2ccccc2F)C(C)=O)sc2c(Cl)c(O)ccc12. The lowest BCUT2D eigenvalue weighted by Crippen LogP contribution is -2.29. The van der Waals surface area contributed by atoms with Crippen LogP contribution in [0.15, 0.2) is 36.4 Å². The Bertz CT molecular complexity index is 1050. The molecule has 140 valence electrons. The molecule has 1 aromatic heterocycles. The van der Waals surface area contributed by atoms with E-state index in [2.05, 4.69) is 0 Å². The predicted octanol–water partition coefficient (Wildman–Crippen LogP) is 4.74. The highest BCUT2D eigenvalue weighted by atomic mass is 35.5. The molecule has 1 heterocycles. The minimum Gasteiger partial charge on any atom is -0.506 e. The van der Waals surface area contributed by atoms with Gasteiger partial charge in [0.05, 0.1) is 18.4 Å². The van der Waals surface area contributed by atoms with Crippen LogP contribution in [0.1, 0.15) is 22.8 Å². The summed E-state index contributed by atoms with van der Waals surface area (Å²) in [4.78, 5) is 26.0. The lowest BCUT2D eigenvalue weighted by molar-refractivity contribution is -0.116. The number of benzene rings is 2. The molecule has 0 fully saturated rings. The predicted molar refractivity (Wildman–Crippen MR) is 103 cm³/mol. The minimum absolute atomic E-state index is 0.0670. The van der Waals surface area contributed by atoms with E-state index in [-0.39, 0.29) is 33.8 Å². The number of carbonyl (C=O) groups is 2. The Hall–Kier alpha value is -2.64. The minimum atomic E-state index is -0.655. The van der Waals surface area contributed by atoms with Crippen LogP contribution in [-0.2, 0) is 16.1 Å². The first-order chi connectivity index (χ1) is 12.8. The van der Waals surface area contributed by atoms with Crippen molar-refractivity contribution in [3.63, 3.8) is 0 Å². The molecule has 0 saturated heterocycles. The Kier molecular flexibility index (Phi) is 5.34. The number of thiophene rings is 1. The molecule has 0 aliphatic carbocycles. The van der Waals surface area contributed by atoms with Crippen LogP contribution in [0.2, 0.25) is 5.02 Å². The van der Waals surface area contributed by atoms with E-state index in [0.29, 0.717) is 15.6 Å². The van der Waals surface area contributed by atoms with E-state index >= 15 is 0 Å². The highest BCUT2D eigenvalue weighted by Crippen LogP contribution is 2.45. The fraction of sp³-hybridized carbons (Fsp3) is 0.158. The topological polar surface area (TPSA) is 66.8 Å². The summed E-state index contributed by atoms with van der Waals surface area (Å²) in [5, 5.41) is 10.7. The second-order valence-electron chi connectivity index (χ2n) is 5.75. The van der Waals surface area contributed by atoms with Gasteiger partial charge >= 0.3 is 5.97 Å². The Morgan fingerprint density at radius 3 is 2.59 bits per heavy atom. The molecule has 0 atom stereocenters. The van der Waals surface area contributed by atoms with E-state index in [1.165, 1.54) is 37.1 Å². The van der Waals surface area contributed by atoms with Crippen LogP contribution in [0.25, 0.3) is 10.1 Å². The molecule has 5 nitrogen and oxygen atoms in total. The summed E-state index contributed by atoms with van der Waals surface area (Å²) >= 11 is 7.23. The maximum atomic E-state index is 14.1. The summed E-state index contributed by atoms with van der Waals surface area (Å²) in [6.45, 7) is 1.26. The summed E-state index contributed by atoms with van der Waals surface area (Å²) in [7, 11) is 1.23. The molecule has 0 saturated carbocycles. The summed E-state index contributed by atoms with van der Waals surface area (Å²) in [5.41, 5.74) is 0.445. The fourth-order valence-electron chi connectivity index (χ4n) is 2.72. The van der Waals surface area contributed by atoms with Crippen LogP contribution in [0.3, 0.4) is 0 Å². The van der Waals surface area contributed by atoms with Crippen molar-refractivity contribution < 1.29 is 23.8 Å². The largest absolute Gasteiger partial charge is 0.506 e. The number of nitrogens with zero attached hydrogens (tertiary/aromatic N) is 1. The third kappa shape index (κ3) is 3.48. The molecule has 0 unspecified atom stereocenters. The number of anilines is 1. The van der Waals surface area contributed by atoms with Crippen LogP contribution in [-0.4, -0.2) is 24.1 Å². The number of amides is 1. The molecule has 0 radical (unpaired) electrons. The van der Waals surface area contributed by atoms with E-state index in [1.54, 1.807) is 18.2 Å². The third-order valence-electron chi connectivity index (χ3n) is 4.06. The molecule has 8 heteroatoms. The maximum absolute atomic E-state index is 14.1. The standard InChI is InChI=1S/C19H15ClFNO4S/c1-10(23)22(9-11-5-3-4-6-13(11)21)18-15(19(25)26-2)12-7-8-14(24)16(20)17(12)27-18/h3-8,24H,9H2,1-2H3. The number of hydrogen-bond donors (Lipinski definition) is 1. The van der Waals surface area contributed by atoms with Crippen LogP contribution in [0, 0.1) is 5.82 Å². The molecule has 1 N–H and O–H groups in total. The van der Waals surface area contributed by atoms with E-state index < -0.39 is 11.8 Å². The fourth-order valence-corrected chi connectivity index (χ4v) is 4.26. The van der Waals surface area contributed by atoms with Crippen molar-refractivity contribution >= 4 is 49.9 Å². The number of carbonyl (C=O) groups excluding carboxylic acids is 2. The summed E-state index contributed by atoms with van der Waals surface area (Å²) in [6, 6.07) is 8.98. The van der Waals surface area contributed by atoms with E-state index in [9.17, 15) is 19.1 Å². The average Bonchev–Trinajstić information content (AvgIpc) is 3.03. The Morgan fingerprint density at radius 1 is 1.26 bits per heavy atom. The molecule has 3 aromatic rings. The molecular formula is C19H15ClFNO4S. The molecule has 2 aromatic carbocycles. The number of halogens is 2. The number of phenolic OH excluding ortho intramolecular Hbond substituents is 1. The summed E-state index contributed by atoms with van der Waals surface area (Å²) in [5.74, 6) is -1.63. The Balaban J connectivity index is 2.23. The van der Waals surface area contributed by atoms with Gasteiger partial charge in [-0.25, -0.2) is 9.18 Å². The monoisotopic (exact) mass is 407 g/mol. The van der Waals surface area contributed by atoms with E-state index in [4.69, 9.17) is 16.3 Å². The number of methoxy groups -OCH3 is 1. The molecule has 0 aliphatic heterocycles. The second-order valence-corrected chi connectivity index (χ2v) is 7.12. The van der Waals surface area contributed by atoms with Gasteiger partial charge in [0, 0.05) is 17.9 Å². The molecule has 1 amide bonds. The number of ether oxygens (including phenoxy) is 1. The quantitative estimate of drug-likeness (QED) is 0.634. The number of phenols is 1. The third-order valence-corrected chi connectivity index (χ3v) is 5.80. The van der Waals surface area contributed by atoms with Crippen LogP contribution < -0.4 is 4.90 Å². The molecule has 3 rings (SSSR count). The zero-order valence-corrected chi connectivity index (χ0v) is 16.0. The lowest BCUT2D eigenvalue weighted by atomic mass is 10.1. The normalized spacial score (nSPS) is 10.8. The lowest BCUT2D eigenvalue weighted by Gasteiger charge is -2.21. The first-order valence-corrected chi connectivity index (χ1v) is 9.08. The van der Waals surface area contributed by atoms with Crippen molar-refractivity contribution in [1.29, 1.82) is 0 Å². The van der Waals surface area contributed by atoms with Gasteiger partial charge in [-0.15, -0.1) is 11.3 Å². The van der Waals surface area contributed by atoms with Gasteiger partial charge in [0.1, 0.15) is 27.2 Å². The zero-order chi connectivity index (χ0) is 19.7. The second kappa shape index (κ2) is 7.54. The number of fused-ring (bicyclic) bond motifs is 1. The molecular weight excluding hydrogens is 393 g/mol. The van der Waals surface area contributed by atoms with Crippen molar-refractivity contribution in [1.82, 2.24) is 0 Å². The Morgan fingerprint density at radius 2 is 1.96 bits per heavy atom. The van der Waals surface area contributed by atoms with Crippen molar-refractivity contribution in [2.45, 2.75) is 13.5 Å². The average molecular weight is 408 g/mol. The van der Waals surface area contributed by atoms with Crippen LogP contribution >= 0.6 is 22.9 Å². The first-order valence-electron chi connectivity index (χ1n) is 7.89. The zero-order valence-electron chi connectivity index (χ0n) is 14.5. The van der Waals surface area contributed by atoms with Crippen molar-refractivity contribution in [2.24, 2.45) is 0 Å². The van der Waals surface area contributed by atoms with Crippen molar-refractivity contribution in [2.75, 3.05) is 12.0 Å². The van der Waals surface area contributed by atoms with Crippen molar-refractivity contribution in [3.05, 3.63) is 58.4 Å². The van der Waals surface area contributed by atoms with Gasteiger partial charge in [-0.3, -0.25) is 9.69 Å². The van der Waals surface area contributed by atoms with Crippen LogP contribution in [0.4, 0.5) is 9.39 Å². The maximum Gasteiger partial charge on any atom is 0.341 e. The van der Waals surface area contributed by atoms with Gasteiger partial charge in [-0.2, -0.15) is 0 Å². The highest BCUT2D eigenvalue weighted by Gasteiger charge is 2.28. The van der Waals surface area contributed by atoms with E-state index in [1.807, 2.05) is 0 Å². The number of esters is 1. The molecule has 0 aliphatic rings. The first kappa shape index (κ1) is 19.1. The van der Waals surface area contributed by atoms with Crippen molar-refractivity contribution in [3.8, 4) is 5.75 Å². The molecule has 0 bridgehead atoms. The van der Waals surface area contributed by atoms with Gasteiger partial charge in [0.25, 0.3) is 0 Å². The van der Waals surface area contributed by atoms with E-state index in [0.717, 1.165) is 11.3 Å². The van der Waals surface area contributed by atoms with Gasteiger partial charge in [-0.1, -0.05) is 29.8 Å². The molecule has 0 spiro atoms.